The van der Waals surface area contributed by atoms with Crippen molar-refractivity contribution in [2.75, 3.05) is 11.5 Å². The molecule has 1 rings (SSSR count). The molecule has 0 spiro atoms. The second-order valence-corrected chi connectivity index (χ2v) is 4.44. The molecule has 1 aliphatic rings. The van der Waals surface area contributed by atoms with Crippen molar-refractivity contribution in [3.8, 4) is 0 Å². The van der Waals surface area contributed by atoms with E-state index in [-0.39, 0.29) is 5.92 Å². The lowest BCUT2D eigenvalue weighted by atomic mass is 9.94. The lowest BCUT2D eigenvalue weighted by Gasteiger charge is -2.38. The van der Waals surface area contributed by atoms with Gasteiger partial charge in [-0.1, -0.05) is 13.8 Å². The first-order valence-corrected chi connectivity index (χ1v) is 4.61. The molecule has 1 heterocycles. The van der Waals surface area contributed by atoms with Crippen molar-refractivity contribution < 1.29 is 9.32 Å². The van der Waals surface area contributed by atoms with E-state index in [1.807, 2.05) is 13.8 Å². The summed E-state index contributed by atoms with van der Waals surface area (Å²) in [6, 6.07) is 0. The Morgan fingerprint density at radius 1 is 1.56 bits per heavy atom. The highest BCUT2D eigenvalue weighted by atomic mass is 32.2. The van der Waals surface area contributed by atoms with Gasteiger partial charge in [-0.15, -0.1) is 0 Å². The zero-order chi connectivity index (χ0) is 7.07. The van der Waals surface area contributed by atoms with E-state index in [1.165, 1.54) is 0 Å². The van der Waals surface area contributed by atoms with E-state index in [0.29, 0.717) is 11.5 Å². The lowest BCUT2D eigenvalue weighted by molar-refractivity contribution is 0.0279. The van der Waals surface area contributed by atoms with Gasteiger partial charge in [0.15, 0.2) is 0 Å². The summed E-state index contributed by atoms with van der Waals surface area (Å²) in [6.45, 7) is 3.91. The highest BCUT2D eigenvalue weighted by Crippen LogP contribution is 2.27. The van der Waals surface area contributed by atoms with Crippen LogP contribution in [0.15, 0.2) is 0 Å². The van der Waals surface area contributed by atoms with Crippen LogP contribution in [0.2, 0.25) is 0 Å². The van der Waals surface area contributed by atoms with Gasteiger partial charge < -0.3 is 5.11 Å². The minimum absolute atomic E-state index is 0.246. The van der Waals surface area contributed by atoms with Crippen molar-refractivity contribution >= 4 is 10.8 Å². The predicted molar refractivity (Wildman–Crippen MR) is 37.7 cm³/mol. The third kappa shape index (κ3) is 1.17. The molecule has 0 unspecified atom stereocenters. The van der Waals surface area contributed by atoms with Gasteiger partial charge in [0, 0.05) is 10.8 Å². The molecule has 1 fully saturated rings. The van der Waals surface area contributed by atoms with E-state index >= 15 is 0 Å². The Kier molecular flexibility index (Phi) is 1.65. The largest absolute Gasteiger partial charge is 0.388 e. The number of hydrogen-bond acceptors (Lipinski definition) is 2. The number of hydrogen-bond donors (Lipinski definition) is 1. The minimum atomic E-state index is -0.732. The summed E-state index contributed by atoms with van der Waals surface area (Å²) in [5, 5.41) is 9.46. The van der Waals surface area contributed by atoms with Crippen LogP contribution in [0.3, 0.4) is 0 Å². The summed E-state index contributed by atoms with van der Waals surface area (Å²) < 4.78 is 10.6. The smallest absolute Gasteiger partial charge is 0.0899 e. The normalized spacial score (nSPS) is 42.9. The second kappa shape index (κ2) is 2.06. The maximum Gasteiger partial charge on any atom is 0.0899 e. The fourth-order valence-electron chi connectivity index (χ4n) is 0.849. The number of aliphatic hydroxyl groups is 1. The van der Waals surface area contributed by atoms with Gasteiger partial charge in [0.25, 0.3) is 0 Å². The van der Waals surface area contributed by atoms with Crippen molar-refractivity contribution in [3.05, 3.63) is 0 Å². The molecule has 1 saturated heterocycles. The molecular formula is C6H12O2S. The summed E-state index contributed by atoms with van der Waals surface area (Å²) in [5.74, 6) is 1.20. The summed E-state index contributed by atoms with van der Waals surface area (Å²) in [6.07, 6.45) is 0. The highest BCUT2D eigenvalue weighted by molar-refractivity contribution is 7.86. The van der Waals surface area contributed by atoms with Crippen LogP contribution in [-0.4, -0.2) is 26.4 Å². The van der Waals surface area contributed by atoms with Gasteiger partial charge in [-0.3, -0.25) is 4.21 Å². The minimum Gasteiger partial charge on any atom is -0.388 e. The highest BCUT2D eigenvalue weighted by Gasteiger charge is 2.43. The zero-order valence-electron chi connectivity index (χ0n) is 5.76. The van der Waals surface area contributed by atoms with Gasteiger partial charge in [-0.2, -0.15) is 0 Å². The summed E-state index contributed by atoms with van der Waals surface area (Å²) in [7, 11) is -0.732. The monoisotopic (exact) mass is 148 g/mol. The van der Waals surface area contributed by atoms with Crippen LogP contribution in [0.5, 0.6) is 0 Å². The quantitative estimate of drug-likeness (QED) is 0.574. The van der Waals surface area contributed by atoms with Crippen molar-refractivity contribution in [2.45, 2.75) is 19.4 Å². The fraction of sp³-hybridized carbons (Fsp3) is 1.00. The zero-order valence-corrected chi connectivity index (χ0v) is 6.57. The molecule has 0 aliphatic carbocycles. The van der Waals surface area contributed by atoms with Gasteiger partial charge in [-0.05, 0) is 5.92 Å². The average Bonchev–Trinajstić information content (AvgIpc) is 1.62. The standard InChI is InChI=1S/C6H12O2S/c1-5(2)6(7)3-9(8)4-6/h5,7H,3-4H2,1-2H3. The molecule has 0 aromatic carbocycles. The summed E-state index contributed by atoms with van der Waals surface area (Å²) >= 11 is 0. The lowest BCUT2D eigenvalue weighted by Crippen LogP contribution is -2.55. The Hall–Kier alpha value is 0.110. The fourth-order valence-corrected chi connectivity index (χ4v) is 2.55. The first-order chi connectivity index (χ1) is 4.04. The second-order valence-electron chi connectivity index (χ2n) is 2.99. The van der Waals surface area contributed by atoms with Crippen molar-refractivity contribution in [1.82, 2.24) is 0 Å². The molecule has 0 atom stereocenters. The van der Waals surface area contributed by atoms with Gasteiger partial charge in [0.1, 0.15) is 0 Å². The first-order valence-electron chi connectivity index (χ1n) is 3.12. The van der Waals surface area contributed by atoms with Crippen LogP contribution in [0, 0.1) is 5.92 Å². The molecule has 2 nitrogen and oxygen atoms in total. The van der Waals surface area contributed by atoms with Crippen molar-refractivity contribution in [2.24, 2.45) is 5.92 Å². The Labute approximate surface area is 57.7 Å². The summed E-state index contributed by atoms with van der Waals surface area (Å²) in [4.78, 5) is 0. The van der Waals surface area contributed by atoms with Crippen molar-refractivity contribution in [1.29, 1.82) is 0 Å². The molecule has 3 heteroatoms. The van der Waals surface area contributed by atoms with Gasteiger partial charge in [-0.25, -0.2) is 0 Å². The molecule has 0 aromatic rings. The summed E-state index contributed by atoms with van der Waals surface area (Å²) in [5.41, 5.74) is -0.606. The molecule has 9 heavy (non-hydrogen) atoms. The van der Waals surface area contributed by atoms with Crippen molar-refractivity contribution in [3.63, 3.8) is 0 Å². The molecule has 54 valence electrons. The Balaban J connectivity index is 2.49. The van der Waals surface area contributed by atoms with E-state index in [0.717, 1.165) is 0 Å². The maximum absolute atomic E-state index is 10.6. The third-order valence-corrected chi connectivity index (χ3v) is 3.54. The van der Waals surface area contributed by atoms with Crippen LogP contribution in [0.25, 0.3) is 0 Å². The average molecular weight is 148 g/mol. The topological polar surface area (TPSA) is 37.3 Å². The van der Waals surface area contributed by atoms with Crippen LogP contribution in [0.4, 0.5) is 0 Å². The van der Waals surface area contributed by atoms with E-state index in [1.54, 1.807) is 0 Å². The van der Waals surface area contributed by atoms with Crippen LogP contribution in [-0.2, 0) is 10.8 Å². The molecule has 0 saturated carbocycles. The van der Waals surface area contributed by atoms with E-state index in [4.69, 9.17) is 0 Å². The van der Waals surface area contributed by atoms with Gasteiger partial charge in [0.2, 0.25) is 0 Å². The van der Waals surface area contributed by atoms with E-state index in [2.05, 4.69) is 0 Å². The first kappa shape index (κ1) is 7.22. The molecule has 0 bridgehead atoms. The van der Waals surface area contributed by atoms with E-state index < -0.39 is 16.4 Å². The van der Waals surface area contributed by atoms with Gasteiger partial charge >= 0.3 is 0 Å². The Morgan fingerprint density at radius 2 is 2.00 bits per heavy atom. The van der Waals surface area contributed by atoms with Crippen LogP contribution < -0.4 is 0 Å². The Morgan fingerprint density at radius 3 is 2.11 bits per heavy atom. The Bertz CT molecular complexity index is 134. The van der Waals surface area contributed by atoms with Gasteiger partial charge in [0.05, 0.1) is 17.1 Å². The molecule has 1 N–H and O–H groups in total. The van der Waals surface area contributed by atoms with E-state index in [9.17, 15) is 9.32 Å². The molecule has 0 aromatic heterocycles. The maximum atomic E-state index is 10.6. The van der Waals surface area contributed by atoms with Crippen LogP contribution in [0.1, 0.15) is 13.8 Å². The van der Waals surface area contributed by atoms with Crippen LogP contribution >= 0.6 is 0 Å². The molecule has 1 aliphatic heterocycles. The number of rotatable bonds is 1. The molecule has 0 amide bonds. The predicted octanol–water partition coefficient (Wildman–Crippen LogP) is 0.136. The SMILES string of the molecule is CC(C)C1(O)CS(=O)C1. The third-order valence-electron chi connectivity index (χ3n) is 1.90. The molecule has 0 radical (unpaired) electrons. The molecular weight excluding hydrogens is 136 g/mol.